The van der Waals surface area contributed by atoms with Crippen LogP contribution in [0.2, 0.25) is 0 Å². The lowest BCUT2D eigenvalue weighted by Crippen LogP contribution is -2.33. The van der Waals surface area contributed by atoms with Gasteiger partial charge in [0, 0.05) is 12.3 Å². The highest BCUT2D eigenvalue weighted by Gasteiger charge is 2.38. The minimum absolute atomic E-state index is 0.159. The predicted octanol–water partition coefficient (Wildman–Crippen LogP) is 1.70. The lowest BCUT2D eigenvalue weighted by Gasteiger charge is -2.25. The van der Waals surface area contributed by atoms with Crippen LogP contribution in [0.25, 0.3) is 0 Å². The van der Waals surface area contributed by atoms with Crippen LogP contribution in [0.15, 0.2) is 0 Å². The van der Waals surface area contributed by atoms with Crippen molar-refractivity contribution in [1.82, 2.24) is 0 Å². The van der Waals surface area contributed by atoms with Gasteiger partial charge in [-0.1, -0.05) is 0 Å². The number of unbranched alkanes of at least 4 members (excludes halogenated alkanes) is 1. The van der Waals surface area contributed by atoms with E-state index < -0.39 is 5.79 Å². The first-order chi connectivity index (χ1) is 7.22. The van der Waals surface area contributed by atoms with Crippen molar-refractivity contribution in [2.24, 2.45) is 0 Å². The molecule has 0 atom stereocenters. The first-order valence-electron chi connectivity index (χ1n) is 5.13. The van der Waals surface area contributed by atoms with E-state index in [2.05, 4.69) is 4.74 Å². The van der Waals surface area contributed by atoms with E-state index in [1.165, 1.54) is 7.11 Å². The predicted molar refractivity (Wildman–Crippen MR) is 55.8 cm³/mol. The van der Waals surface area contributed by atoms with Gasteiger partial charge in [-0.15, -0.1) is 11.6 Å². The van der Waals surface area contributed by atoms with E-state index in [0.29, 0.717) is 25.5 Å². The summed E-state index contributed by atoms with van der Waals surface area (Å²) in [6.45, 7) is 1.08. The number of hydrogen-bond acceptors (Lipinski definition) is 4. The number of esters is 1. The standard InChI is InChI=1S/C10H17ClO4/c1-13-9(12)8-10(4-2-3-5-11)14-6-7-15-10/h2-8H2,1H3. The third-order valence-electron chi connectivity index (χ3n) is 2.40. The van der Waals surface area contributed by atoms with Gasteiger partial charge in [0.2, 0.25) is 0 Å². The van der Waals surface area contributed by atoms with Gasteiger partial charge in [-0.3, -0.25) is 4.79 Å². The Morgan fingerprint density at radius 1 is 1.40 bits per heavy atom. The van der Waals surface area contributed by atoms with Crippen molar-refractivity contribution in [3.8, 4) is 0 Å². The molecule has 0 N–H and O–H groups in total. The Balaban J connectivity index is 2.42. The normalized spacial score (nSPS) is 19.1. The summed E-state index contributed by atoms with van der Waals surface area (Å²) in [5.41, 5.74) is 0. The van der Waals surface area contributed by atoms with Crippen LogP contribution in [0.1, 0.15) is 25.7 Å². The SMILES string of the molecule is COC(=O)CC1(CCCCCl)OCCO1. The molecule has 0 amide bonds. The van der Waals surface area contributed by atoms with Gasteiger partial charge in [-0.05, 0) is 12.8 Å². The molecule has 0 aromatic carbocycles. The second-order valence-electron chi connectivity index (χ2n) is 3.51. The van der Waals surface area contributed by atoms with E-state index in [4.69, 9.17) is 21.1 Å². The van der Waals surface area contributed by atoms with Gasteiger partial charge < -0.3 is 14.2 Å². The Morgan fingerprint density at radius 2 is 2.07 bits per heavy atom. The molecule has 1 rings (SSSR count). The lowest BCUT2D eigenvalue weighted by atomic mass is 10.1. The first-order valence-corrected chi connectivity index (χ1v) is 5.66. The molecule has 0 aromatic heterocycles. The quantitative estimate of drug-likeness (QED) is 0.400. The maximum atomic E-state index is 11.2. The number of rotatable bonds is 6. The molecule has 1 saturated heterocycles. The zero-order valence-electron chi connectivity index (χ0n) is 8.96. The van der Waals surface area contributed by atoms with Crippen molar-refractivity contribution in [2.75, 3.05) is 26.2 Å². The number of carbonyl (C=O) groups excluding carboxylic acids is 1. The van der Waals surface area contributed by atoms with Crippen LogP contribution in [0.4, 0.5) is 0 Å². The number of methoxy groups -OCH3 is 1. The van der Waals surface area contributed by atoms with E-state index in [-0.39, 0.29) is 12.4 Å². The van der Waals surface area contributed by atoms with Crippen LogP contribution in [0, 0.1) is 0 Å². The monoisotopic (exact) mass is 236 g/mol. The first kappa shape index (κ1) is 12.7. The second kappa shape index (κ2) is 6.30. The third kappa shape index (κ3) is 3.97. The lowest BCUT2D eigenvalue weighted by molar-refractivity contribution is -0.184. The fourth-order valence-corrected chi connectivity index (χ4v) is 1.80. The molecule has 0 radical (unpaired) electrons. The molecule has 88 valence electrons. The molecule has 0 aromatic rings. The van der Waals surface area contributed by atoms with Crippen molar-refractivity contribution in [1.29, 1.82) is 0 Å². The van der Waals surface area contributed by atoms with Crippen molar-refractivity contribution < 1.29 is 19.0 Å². The topological polar surface area (TPSA) is 44.8 Å². The number of ether oxygens (including phenoxy) is 3. The van der Waals surface area contributed by atoms with E-state index >= 15 is 0 Å². The molecule has 1 heterocycles. The highest BCUT2D eigenvalue weighted by atomic mass is 35.5. The average molecular weight is 237 g/mol. The molecule has 15 heavy (non-hydrogen) atoms. The van der Waals surface area contributed by atoms with Crippen molar-refractivity contribution in [3.05, 3.63) is 0 Å². The van der Waals surface area contributed by atoms with Gasteiger partial charge in [-0.2, -0.15) is 0 Å². The molecule has 0 bridgehead atoms. The van der Waals surface area contributed by atoms with Crippen molar-refractivity contribution >= 4 is 17.6 Å². The van der Waals surface area contributed by atoms with Gasteiger partial charge in [0.25, 0.3) is 0 Å². The minimum atomic E-state index is -0.765. The molecule has 0 saturated carbocycles. The van der Waals surface area contributed by atoms with E-state index in [1.54, 1.807) is 0 Å². The molecule has 1 fully saturated rings. The van der Waals surface area contributed by atoms with Crippen molar-refractivity contribution in [3.63, 3.8) is 0 Å². The van der Waals surface area contributed by atoms with Crippen LogP contribution in [0.5, 0.6) is 0 Å². The Hall–Kier alpha value is -0.320. The highest BCUT2D eigenvalue weighted by Crippen LogP contribution is 2.29. The van der Waals surface area contributed by atoms with Crippen LogP contribution >= 0.6 is 11.6 Å². The molecule has 4 nitrogen and oxygen atoms in total. The Kier molecular flexibility index (Phi) is 5.36. The third-order valence-corrected chi connectivity index (χ3v) is 2.66. The van der Waals surface area contributed by atoms with E-state index in [0.717, 1.165) is 12.8 Å². The van der Waals surface area contributed by atoms with Gasteiger partial charge in [0.15, 0.2) is 5.79 Å². The molecule has 5 heteroatoms. The summed E-state index contributed by atoms with van der Waals surface area (Å²) in [4.78, 5) is 11.2. The fourth-order valence-electron chi connectivity index (χ4n) is 1.61. The van der Waals surface area contributed by atoms with Crippen LogP contribution in [0.3, 0.4) is 0 Å². The summed E-state index contributed by atoms with van der Waals surface area (Å²) in [5, 5.41) is 0. The largest absolute Gasteiger partial charge is 0.469 e. The summed E-state index contributed by atoms with van der Waals surface area (Å²) in [5.74, 6) is -0.448. The zero-order valence-corrected chi connectivity index (χ0v) is 9.72. The van der Waals surface area contributed by atoms with E-state index in [9.17, 15) is 4.79 Å². The van der Waals surface area contributed by atoms with Crippen molar-refractivity contribution in [2.45, 2.75) is 31.5 Å². The molecule has 0 unspecified atom stereocenters. The van der Waals surface area contributed by atoms with Crippen LogP contribution in [-0.4, -0.2) is 38.0 Å². The summed E-state index contributed by atoms with van der Waals surface area (Å²) >= 11 is 5.59. The summed E-state index contributed by atoms with van der Waals surface area (Å²) in [7, 11) is 1.36. The summed E-state index contributed by atoms with van der Waals surface area (Å²) in [6, 6.07) is 0. The van der Waals surface area contributed by atoms with Gasteiger partial charge in [0.1, 0.15) is 0 Å². The molecule has 1 aliphatic heterocycles. The minimum Gasteiger partial charge on any atom is -0.469 e. The molecule has 1 aliphatic rings. The molecular weight excluding hydrogens is 220 g/mol. The average Bonchev–Trinajstić information content (AvgIpc) is 2.67. The Labute approximate surface area is 94.8 Å². The smallest absolute Gasteiger partial charge is 0.310 e. The molecule has 0 aliphatic carbocycles. The van der Waals surface area contributed by atoms with Crippen LogP contribution < -0.4 is 0 Å². The van der Waals surface area contributed by atoms with Gasteiger partial charge >= 0.3 is 5.97 Å². The summed E-state index contributed by atoms with van der Waals surface area (Å²) < 4.78 is 15.6. The molecule has 0 spiro atoms. The molecular formula is C10H17ClO4. The van der Waals surface area contributed by atoms with Gasteiger partial charge in [-0.25, -0.2) is 0 Å². The van der Waals surface area contributed by atoms with Gasteiger partial charge in [0.05, 0.1) is 26.7 Å². The maximum absolute atomic E-state index is 11.2. The number of carbonyl (C=O) groups is 1. The fraction of sp³-hybridized carbons (Fsp3) is 0.900. The highest BCUT2D eigenvalue weighted by molar-refractivity contribution is 6.17. The second-order valence-corrected chi connectivity index (χ2v) is 3.88. The Bertz CT molecular complexity index is 202. The van der Waals surface area contributed by atoms with E-state index in [1.807, 2.05) is 0 Å². The number of hydrogen-bond donors (Lipinski definition) is 0. The zero-order chi connectivity index (χ0) is 11.1. The Morgan fingerprint density at radius 3 is 2.60 bits per heavy atom. The number of halogens is 1. The maximum Gasteiger partial charge on any atom is 0.310 e. The number of alkyl halides is 1. The summed E-state index contributed by atoms with van der Waals surface area (Å²) in [6.07, 6.45) is 2.64. The van der Waals surface area contributed by atoms with Crippen LogP contribution in [-0.2, 0) is 19.0 Å².